The van der Waals surface area contributed by atoms with Crippen LogP contribution in [0.15, 0.2) is 16.9 Å². The van der Waals surface area contributed by atoms with Crippen LogP contribution in [0.3, 0.4) is 0 Å². The summed E-state index contributed by atoms with van der Waals surface area (Å²) in [6.45, 7) is 11.3. The summed E-state index contributed by atoms with van der Waals surface area (Å²) in [6, 6.07) is 3.95. The molecule has 0 bridgehead atoms. The highest BCUT2D eigenvalue weighted by Crippen LogP contribution is 2.27. The molecule has 1 amide bonds. The SMILES string of the molecule is CCN(CC)CCNC(=O)Cn1nc(C)n2c(cc3sc(C)cc32)c1=O. The molecule has 0 unspecified atom stereocenters. The summed E-state index contributed by atoms with van der Waals surface area (Å²) in [7, 11) is 0. The average Bonchev–Trinajstić information content (AvgIpc) is 3.12. The summed E-state index contributed by atoms with van der Waals surface area (Å²) >= 11 is 1.65. The fourth-order valence-electron chi connectivity index (χ4n) is 3.21. The van der Waals surface area contributed by atoms with Crippen LogP contribution in [0, 0.1) is 13.8 Å². The van der Waals surface area contributed by atoms with Gasteiger partial charge in [0, 0.05) is 18.0 Å². The number of carbonyl (C=O) groups is 1. The maximum Gasteiger partial charge on any atom is 0.291 e. The van der Waals surface area contributed by atoms with Gasteiger partial charge in [-0.15, -0.1) is 11.3 Å². The van der Waals surface area contributed by atoms with Crippen LogP contribution >= 0.6 is 11.3 Å². The van der Waals surface area contributed by atoms with E-state index in [1.807, 2.05) is 24.3 Å². The van der Waals surface area contributed by atoms with Gasteiger partial charge in [-0.3, -0.25) is 14.0 Å². The van der Waals surface area contributed by atoms with Crippen molar-refractivity contribution in [1.82, 2.24) is 24.4 Å². The molecule has 1 N–H and O–H groups in total. The Hall–Kier alpha value is -2.19. The second kappa shape index (κ2) is 7.59. The molecule has 0 saturated heterocycles. The van der Waals surface area contributed by atoms with Crippen molar-refractivity contribution in [2.45, 2.75) is 34.2 Å². The average molecular weight is 375 g/mol. The Labute approximate surface area is 156 Å². The van der Waals surface area contributed by atoms with Gasteiger partial charge in [0.05, 0.1) is 10.2 Å². The minimum atomic E-state index is -0.240. The number of amides is 1. The lowest BCUT2D eigenvalue weighted by Gasteiger charge is -2.18. The Morgan fingerprint density at radius 2 is 1.96 bits per heavy atom. The molecule has 26 heavy (non-hydrogen) atoms. The van der Waals surface area contributed by atoms with Gasteiger partial charge in [-0.25, -0.2) is 4.68 Å². The van der Waals surface area contributed by atoms with Crippen LogP contribution in [-0.4, -0.2) is 51.2 Å². The van der Waals surface area contributed by atoms with E-state index in [4.69, 9.17) is 0 Å². The molecule has 3 aromatic heterocycles. The fraction of sp³-hybridized carbons (Fsp3) is 0.500. The molecule has 140 valence electrons. The molecule has 8 heteroatoms. The summed E-state index contributed by atoms with van der Waals surface area (Å²) in [5, 5.41) is 7.22. The second-order valence-electron chi connectivity index (χ2n) is 6.36. The number of rotatable bonds is 7. The topological polar surface area (TPSA) is 71.6 Å². The van der Waals surface area contributed by atoms with Crippen LogP contribution in [0.25, 0.3) is 15.7 Å². The normalized spacial score (nSPS) is 11.7. The van der Waals surface area contributed by atoms with Crippen LogP contribution < -0.4 is 10.9 Å². The third-order valence-electron chi connectivity index (χ3n) is 4.59. The molecule has 0 saturated carbocycles. The minimum absolute atomic E-state index is 0.0632. The predicted molar refractivity (Wildman–Crippen MR) is 105 cm³/mol. The quantitative estimate of drug-likeness (QED) is 0.683. The van der Waals surface area contributed by atoms with E-state index in [1.54, 1.807) is 11.3 Å². The molecule has 0 atom stereocenters. The molecule has 0 spiro atoms. The first-order valence-corrected chi connectivity index (χ1v) is 9.74. The van der Waals surface area contributed by atoms with Gasteiger partial charge >= 0.3 is 0 Å². The first kappa shape index (κ1) is 18.6. The molecule has 0 aliphatic carbocycles. The Morgan fingerprint density at radius 1 is 1.23 bits per heavy atom. The number of nitrogens with one attached hydrogen (secondary N) is 1. The van der Waals surface area contributed by atoms with E-state index >= 15 is 0 Å². The first-order chi connectivity index (χ1) is 12.4. The molecule has 3 aromatic rings. The number of fused-ring (bicyclic) bond motifs is 3. The van der Waals surface area contributed by atoms with Crippen molar-refractivity contribution in [3.63, 3.8) is 0 Å². The number of likely N-dealkylation sites (N-methyl/N-ethyl adjacent to an activating group) is 1. The number of hydrogen-bond acceptors (Lipinski definition) is 5. The maximum absolute atomic E-state index is 12.7. The Morgan fingerprint density at radius 3 is 2.65 bits per heavy atom. The summed E-state index contributed by atoms with van der Waals surface area (Å²) in [6.07, 6.45) is 0. The zero-order chi connectivity index (χ0) is 18.8. The Kier molecular flexibility index (Phi) is 5.43. The van der Waals surface area contributed by atoms with Gasteiger partial charge in [-0.2, -0.15) is 5.10 Å². The van der Waals surface area contributed by atoms with E-state index in [9.17, 15) is 9.59 Å². The van der Waals surface area contributed by atoms with Crippen molar-refractivity contribution in [2.75, 3.05) is 26.2 Å². The standard InChI is InChI=1S/C18H25N5O2S/c1-5-21(6-2)8-7-19-17(24)11-22-18(25)15-10-16-14(9-12(3)26-16)23(15)13(4)20-22/h9-10H,5-8,11H2,1-4H3,(H,19,24). The van der Waals surface area contributed by atoms with Gasteiger partial charge in [0.2, 0.25) is 5.91 Å². The fourth-order valence-corrected chi connectivity index (χ4v) is 4.15. The number of hydrogen-bond donors (Lipinski definition) is 1. The molecule has 0 aromatic carbocycles. The largest absolute Gasteiger partial charge is 0.353 e. The molecule has 0 aliphatic rings. The number of aromatic nitrogens is 3. The lowest BCUT2D eigenvalue weighted by atomic mass is 10.4. The zero-order valence-corrected chi connectivity index (χ0v) is 16.5. The van der Waals surface area contributed by atoms with E-state index in [0.717, 1.165) is 29.9 Å². The van der Waals surface area contributed by atoms with Gasteiger partial charge in [0.1, 0.15) is 17.9 Å². The van der Waals surface area contributed by atoms with Crippen molar-refractivity contribution in [2.24, 2.45) is 0 Å². The predicted octanol–water partition coefficient (Wildman–Crippen LogP) is 1.79. The zero-order valence-electron chi connectivity index (χ0n) is 15.7. The number of thiophene rings is 1. The van der Waals surface area contributed by atoms with E-state index in [1.165, 1.54) is 9.56 Å². The van der Waals surface area contributed by atoms with E-state index < -0.39 is 0 Å². The highest BCUT2D eigenvalue weighted by Gasteiger charge is 2.15. The van der Waals surface area contributed by atoms with Crippen LogP contribution in [-0.2, 0) is 11.3 Å². The van der Waals surface area contributed by atoms with Crippen LogP contribution in [0.2, 0.25) is 0 Å². The highest BCUT2D eigenvalue weighted by molar-refractivity contribution is 7.19. The molecular formula is C18H25N5O2S. The molecule has 7 nitrogen and oxygen atoms in total. The van der Waals surface area contributed by atoms with Gasteiger partial charge in [0.15, 0.2) is 0 Å². The third kappa shape index (κ3) is 3.52. The van der Waals surface area contributed by atoms with Crippen molar-refractivity contribution in [3.05, 3.63) is 33.2 Å². The lowest BCUT2D eigenvalue weighted by molar-refractivity contribution is -0.121. The second-order valence-corrected chi connectivity index (χ2v) is 7.65. The number of nitrogens with zero attached hydrogens (tertiary/aromatic N) is 4. The molecule has 3 heterocycles. The smallest absolute Gasteiger partial charge is 0.291 e. The molecule has 0 radical (unpaired) electrons. The molecule has 0 aliphatic heterocycles. The van der Waals surface area contributed by atoms with Gasteiger partial charge in [-0.1, -0.05) is 13.8 Å². The van der Waals surface area contributed by atoms with Crippen LogP contribution in [0.1, 0.15) is 24.5 Å². The summed E-state index contributed by atoms with van der Waals surface area (Å²) in [5.41, 5.74) is 1.32. The van der Waals surface area contributed by atoms with E-state index in [-0.39, 0.29) is 18.0 Å². The summed E-state index contributed by atoms with van der Waals surface area (Å²) < 4.78 is 4.19. The third-order valence-corrected chi connectivity index (χ3v) is 5.58. The molecular weight excluding hydrogens is 350 g/mol. The monoisotopic (exact) mass is 375 g/mol. The first-order valence-electron chi connectivity index (χ1n) is 8.93. The maximum atomic E-state index is 12.7. The lowest BCUT2D eigenvalue weighted by Crippen LogP contribution is -2.38. The van der Waals surface area contributed by atoms with Crippen molar-refractivity contribution < 1.29 is 4.79 Å². The minimum Gasteiger partial charge on any atom is -0.353 e. The van der Waals surface area contributed by atoms with Crippen molar-refractivity contribution in [3.8, 4) is 0 Å². The van der Waals surface area contributed by atoms with Crippen molar-refractivity contribution in [1.29, 1.82) is 0 Å². The highest BCUT2D eigenvalue weighted by atomic mass is 32.1. The number of aryl methyl sites for hydroxylation is 2. The molecule has 0 fully saturated rings. The van der Waals surface area contributed by atoms with Crippen LogP contribution in [0.5, 0.6) is 0 Å². The summed E-state index contributed by atoms with van der Waals surface area (Å²) in [5.74, 6) is 0.503. The Balaban J connectivity index is 1.79. The summed E-state index contributed by atoms with van der Waals surface area (Å²) in [4.78, 5) is 28.4. The van der Waals surface area contributed by atoms with E-state index in [2.05, 4.69) is 35.2 Å². The number of carbonyl (C=O) groups excluding carboxylic acids is 1. The van der Waals surface area contributed by atoms with Crippen molar-refractivity contribution >= 4 is 33.0 Å². The van der Waals surface area contributed by atoms with Gasteiger partial charge < -0.3 is 10.2 Å². The Bertz CT molecular complexity index is 996. The van der Waals surface area contributed by atoms with Gasteiger partial charge in [-0.05, 0) is 39.1 Å². The van der Waals surface area contributed by atoms with Crippen LogP contribution in [0.4, 0.5) is 0 Å². The van der Waals surface area contributed by atoms with E-state index in [0.29, 0.717) is 17.9 Å². The molecule has 3 rings (SSSR count). The van der Waals surface area contributed by atoms with Gasteiger partial charge in [0.25, 0.3) is 5.56 Å².